The molecular weight excluding hydrogens is 1000 g/mol. The minimum Gasteiger partial charge on any atom is -0.462 e. The summed E-state index contributed by atoms with van der Waals surface area (Å²) in [5.41, 5.74) is -0.854. The van der Waals surface area contributed by atoms with Gasteiger partial charge < -0.3 is 38.3 Å². The van der Waals surface area contributed by atoms with Crippen molar-refractivity contribution in [1.82, 2.24) is 0 Å². The number of fused-ring (bicyclic) bond motifs is 2. The van der Waals surface area contributed by atoms with Crippen LogP contribution >= 0.6 is 0 Å². The SMILES string of the molecule is C=C(C)C(=O)OC12CC3CC(CC(O)(C3)C1)C2.C=C(C)C(=O)OCCOC(=O)CCC(=O)OC1C2CC3C1OS(=O)(=O)C3C2.CCC(C)(C)C(=O)OCCOC(=O)CCC(=O)OC1C2CC3C1OS(=O)(=O)C3C2. The van der Waals surface area contributed by atoms with Crippen LogP contribution in [0.25, 0.3) is 0 Å². The van der Waals surface area contributed by atoms with Gasteiger partial charge in [-0.05, 0) is 104 Å². The van der Waals surface area contributed by atoms with Crippen LogP contribution in [0.3, 0.4) is 0 Å². The molecule has 10 rings (SSSR count). The van der Waals surface area contributed by atoms with Crippen molar-refractivity contribution in [3.63, 3.8) is 0 Å². The maximum Gasteiger partial charge on any atom is 0.333 e. The van der Waals surface area contributed by atoms with Gasteiger partial charge in [-0.1, -0.05) is 20.1 Å². The zero-order valence-electron chi connectivity index (χ0n) is 42.2. The Morgan fingerprint density at radius 2 is 1.03 bits per heavy atom. The van der Waals surface area contributed by atoms with Crippen molar-refractivity contribution >= 4 is 62.0 Å². The van der Waals surface area contributed by atoms with Crippen LogP contribution in [0, 0.1) is 40.9 Å². The van der Waals surface area contributed by atoms with Gasteiger partial charge in [-0.15, -0.1) is 0 Å². The average Bonchev–Trinajstić information content (AvgIpc) is 4.13. The van der Waals surface area contributed by atoms with Crippen LogP contribution in [0.1, 0.15) is 131 Å². The van der Waals surface area contributed by atoms with Crippen LogP contribution in [0.2, 0.25) is 0 Å². The highest BCUT2D eigenvalue weighted by atomic mass is 32.2. The smallest absolute Gasteiger partial charge is 0.333 e. The predicted octanol–water partition coefficient (Wildman–Crippen LogP) is 4.01. The summed E-state index contributed by atoms with van der Waals surface area (Å²) in [6.45, 7) is 15.3. The van der Waals surface area contributed by atoms with E-state index in [-0.39, 0.29) is 93.3 Å². The third-order valence-corrected chi connectivity index (χ3v) is 19.6. The molecule has 2 aliphatic heterocycles. The van der Waals surface area contributed by atoms with E-state index in [0.717, 1.165) is 25.7 Å². The van der Waals surface area contributed by atoms with Crippen LogP contribution < -0.4 is 0 Å². The number of ether oxygens (including phenoxy) is 7. The molecule has 408 valence electrons. The molecule has 8 bridgehead atoms. The van der Waals surface area contributed by atoms with Gasteiger partial charge in [0.1, 0.15) is 56.4 Å². The van der Waals surface area contributed by atoms with Crippen LogP contribution in [-0.2, 0) is 95.3 Å². The largest absolute Gasteiger partial charge is 0.462 e. The van der Waals surface area contributed by atoms with Gasteiger partial charge in [0.2, 0.25) is 0 Å². The van der Waals surface area contributed by atoms with Crippen molar-refractivity contribution < 1.29 is 97.0 Å². The van der Waals surface area contributed by atoms with E-state index in [1.165, 1.54) is 13.3 Å². The third kappa shape index (κ3) is 13.0. The fourth-order valence-electron chi connectivity index (χ4n) is 12.6. The Morgan fingerprint density at radius 3 is 1.45 bits per heavy atom. The lowest BCUT2D eigenvalue weighted by atomic mass is 9.52. The molecule has 2 saturated heterocycles. The van der Waals surface area contributed by atoms with Crippen molar-refractivity contribution in [2.75, 3.05) is 26.4 Å². The molecule has 21 nitrogen and oxygen atoms in total. The lowest BCUT2D eigenvalue weighted by Crippen LogP contribution is -2.60. The highest BCUT2D eigenvalue weighted by Crippen LogP contribution is 2.59. The number of carbonyl (C=O) groups excluding carboxylic acids is 7. The molecule has 10 fully saturated rings. The van der Waals surface area contributed by atoms with Crippen molar-refractivity contribution in [3.05, 3.63) is 24.3 Å². The van der Waals surface area contributed by atoms with Crippen LogP contribution in [0.4, 0.5) is 0 Å². The van der Waals surface area contributed by atoms with Crippen LogP contribution in [0.15, 0.2) is 24.3 Å². The predicted molar refractivity (Wildman–Crippen MR) is 252 cm³/mol. The molecule has 12 unspecified atom stereocenters. The molecule has 2 heterocycles. The molecule has 10 aliphatic rings. The second-order valence-corrected chi connectivity index (χ2v) is 25.7. The van der Waals surface area contributed by atoms with Crippen molar-refractivity contribution in [3.8, 4) is 0 Å². The molecule has 8 saturated carbocycles. The Hall–Kier alpha value is -4.45. The van der Waals surface area contributed by atoms with Gasteiger partial charge in [-0.3, -0.25) is 32.3 Å². The first-order valence-electron chi connectivity index (χ1n) is 25.3. The minimum atomic E-state index is -3.56. The second kappa shape index (κ2) is 22.0. The van der Waals surface area contributed by atoms with Gasteiger partial charge in [-0.25, -0.2) is 9.59 Å². The summed E-state index contributed by atoms with van der Waals surface area (Å²) in [4.78, 5) is 82.1. The fraction of sp³-hybridized carbons (Fsp3) is 0.780. The number of carbonyl (C=O) groups is 7. The Morgan fingerprint density at radius 1 is 0.603 bits per heavy atom. The number of esters is 7. The van der Waals surface area contributed by atoms with E-state index in [2.05, 4.69) is 13.2 Å². The average molecular weight is 1070 g/mol. The molecule has 0 amide bonds. The lowest BCUT2D eigenvalue weighted by molar-refractivity contribution is -0.217. The topological polar surface area (TPSA) is 291 Å². The molecule has 0 radical (unpaired) electrons. The Kier molecular flexibility index (Phi) is 17.0. The van der Waals surface area contributed by atoms with E-state index >= 15 is 0 Å². The van der Waals surface area contributed by atoms with Crippen molar-refractivity contribution in [2.24, 2.45) is 40.9 Å². The standard InChI is InChI=1S/C19H28O9S.C17H22O9S.C14H20O3/c1-4-19(2,3)18(22)26-8-7-25-14(20)5-6-15(21)27-16-11-9-12-13(10-11)29(23,24)28-17(12)16;1-9(2)17(20)24-6-5-23-13(18)3-4-14(19)25-15-10-7-11-12(8-10)27(21,22)26-16(11)15;1-9(2)12(15)17-14-6-10-3-11(7-14)5-13(16,4-10)8-14/h11-13,16-17H,4-10H2,1-3H3;10-12,15-16H,1,3-8H2,2H3;10-11,16H,1,3-8H2,2H3. The number of rotatable bonds is 19. The van der Waals surface area contributed by atoms with Gasteiger partial charge in [-0.2, -0.15) is 16.8 Å². The summed E-state index contributed by atoms with van der Waals surface area (Å²) >= 11 is 0. The summed E-state index contributed by atoms with van der Waals surface area (Å²) in [6, 6.07) is 0. The zero-order chi connectivity index (χ0) is 53.4. The summed E-state index contributed by atoms with van der Waals surface area (Å²) < 4.78 is 94.0. The summed E-state index contributed by atoms with van der Waals surface area (Å²) in [6.07, 6.45) is 5.37. The normalized spacial score (nSPS) is 35.3. The number of hydrogen-bond acceptors (Lipinski definition) is 21. The number of hydrogen-bond donors (Lipinski definition) is 1. The minimum absolute atomic E-state index is 0.00904. The highest BCUT2D eigenvalue weighted by Gasteiger charge is 2.67. The molecule has 1 N–H and O–H groups in total. The molecule has 0 aromatic rings. The van der Waals surface area contributed by atoms with E-state index < -0.39 is 102 Å². The van der Waals surface area contributed by atoms with Gasteiger partial charge in [0.15, 0.2) is 0 Å². The first kappa shape index (κ1) is 56.3. The maximum absolute atomic E-state index is 12.1. The van der Waals surface area contributed by atoms with E-state index in [0.29, 0.717) is 55.9 Å². The molecule has 23 heteroatoms. The Balaban J connectivity index is 0.000000165. The van der Waals surface area contributed by atoms with E-state index in [1.807, 2.05) is 6.92 Å². The zero-order valence-corrected chi connectivity index (χ0v) is 43.8. The first-order chi connectivity index (χ1) is 34.1. The molecule has 12 atom stereocenters. The highest BCUT2D eigenvalue weighted by molar-refractivity contribution is 7.88. The van der Waals surface area contributed by atoms with Gasteiger partial charge in [0.25, 0.3) is 20.2 Å². The molecular formula is C50H70O21S2. The van der Waals surface area contributed by atoms with E-state index in [1.54, 1.807) is 20.8 Å². The monoisotopic (exact) mass is 1070 g/mol. The van der Waals surface area contributed by atoms with Gasteiger partial charge in [0, 0.05) is 41.2 Å². The molecule has 0 aromatic carbocycles. The van der Waals surface area contributed by atoms with Crippen molar-refractivity contribution in [2.45, 2.75) is 177 Å². The fourth-order valence-corrected chi connectivity index (χ4v) is 16.4. The quantitative estimate of drug-likeness (QED) is 0.0628. The Labute approximate surface area is 426 Å². The molecule has 8 aliphatic carbocycles. The molecule has 73 heavy (non-hydrogen) atoms. The van der Waals surface area contributed by atoms with Gasteiger partial charge >= 0.3 is 41.8 Å². The summed E-state index contributed by atoms with van der Waals surface area (Å²) in [5.74, 6) is -2.77. The Bertz CT molecular complexity index is 2410. The van der Waals surface area contributed by atoms with Crippen LogP contribution in [0.5, 0.6) is 0 Å². The molecule has 0 aromatic heterocycles. The molecule has 0 spiro atoms. The summed E-state index contributed by atoms with van der Waals surface area (Å²) in [7, 11) is -7.11. The van der Waals surface area contributed by atoms with Crippen LogP contribution in [-0.4, -0.2) is 136 Å². The maximum atomic E-state index is 12.1. The number of aliphatic hydroxyl groups is 1. The lowest BCUT2D eigenvalue weighted by Gasteiger charge is -2.59. The van der Waals surface area contributed by atoms with Crippen molar-refractivity contribution in [1.29, 1.82) is 0 Å². The van der Waals surface area contributed by atoms with Gasteiger partial charge in [0.05, 0.1) is 47.2 Å². The second-order valence-electron chi connectivity index (χ2n) is 22.2. The summed E-state index contributed by atoms with van der Waals surface area (Å²) in [5, 5.41) is 9.56. The van der Waals surface area contributed by atoms with E-state index in [9.17, 15) is 55.5 Å². The first-order valence-corrected chi connectivity index (χ1v) is 28.2. The third-order valence-electron chi connectivity index (χ3n) is 16.0. The van der Waals surface area contributed by atoms with E-state index in [4.69, 9.17) is 41.5 Å².